The average molecular weight is 684 g/mol. The zero-order chi connectivity index (χ0) is 34.8. The molecule has 0 N–H and O–H groups in total. The van der Waals surface area contributed by atoms with E-state index >= 15 is 0 Å². The standard InChI is InChI=1S/C32H45NO13S/c1-16(34)33(17(2)35)27-25(43-19(4)37)14-32(30(40)41-7,47-31-11-22-8-23(12-31)10-24(9-22)13-31)46-29(27)28(45-21(6)39)26(44-20(5)38)15-42-18(3)36/h22-29H,8-15H2,1-7H3/t22?,23?,24?,25-,26+,27+,28+,29+,31?,32+/m0/s1. The van der Waals surface area contributed by atoms with E-state index in [9.17, 15) is 33.6 Å². The number of methoxy groups -OCH3 is 1. The van der Waals surface area contributed by atoms with E-state index in [1.807, 2.05) is 0 Å². The van der Waals surface area contributed by atoms with Gasteiger partial charge in [0.05, 0.1) is 7.11 Å². The second kappa shape index (κ2) is 14.5. The Morgan fingerprint density at radius 3 is 1.72 bits per heavy atom. The van der Waals surface area contributed by atoms with Crippen LogP contribution in [0, 0.1) is 17.8 Å². The van der Waals surface area contributed by atoms with Gasteiger partial charge in [-0.05, 0) is 56.3 Å². The molecular formula is C32H45NO13S. The van der Waals surface area contributed by atoms with E-state index < -0.39 is 83.7 Å². The van der Waals surface area contributed by atoms with E-state index in [4.69, 9.17) is 28.4 Å². The van der Waals surface area contributed by atoms with Crippen molar-refractivity contribution in [2.24, 2.45) is 17.8 Å². The molecule has 0 spiro atoms. The van der Waals surface area contributed by atoms with E-state index in [2.05, 4.69) is 0 Å². The van der Waals surface area contributed by atoms with Crippen LogP contribution in [-0.2, 0) is 62.0 Å². The molecule has 262 valence electrons. The maximum absolute atomic E-state index is 14.0. The molecule has 0 aromatic carbocycles. The van der Waals surface area contributed by atoms with E-state index in [-0.39, 0.29) is 11.2 Å². The first-order chi connectivity index (χ1) is 22.0. The topological polar surface area (TPSA) is 178 Å². The number of rotatable bonds is 11. The minimum absolute atomic E-state index is 0.307. The molecule has 15 heteroatoms. The summed E-state index contributed by atoms with van der Waals surface area (Å²) in [5, 5.41) is 0. The highest BCUT2D eigenvalue weighted by molar-refractivity contribution is 8.02. The van der Waals surface area contributed by atoms with Gasteiger partial charge in [0, 0.05) is 52.7 Å². The van der Waals surface area contributed by atoms with Crippen molar-refractivity contribution in [3.8, 4) is 0 Å². The molecule has 0 radical (unpaired) electrons. The van der Waals surface area contributed by atoms with Crippen molar-refractivity contribution in [3.63, 3.8) is 0 Å². The number of carbonyl (C=O) groups is 7. The van der Waals surface area contributed by atoms with Gasteiger partial charge in [0.15, 0.2) is 12.2 Å². The van der Waals surface area contributed by atoms with Crippen molar-refractivity contribution in [2.45, 2.75) is 127 Å². The fourth-order valence-corrected chi connectivity index (χ4v) is 10.8. The lowest BCUT2D eigenvalue weighted by molar-refractivity contribution is -0.234. The first-order valence-electron chi connectivity index (χ1n) is 15.9. The first kappa shape index (κ1) is 36.6. The summed E-state index contributed by atoms with van der Waals surface area (Å²) < 4.78 is 33.8. The van der Waals surface area contributed by atoms with Gasteiger partial charge in [-0.15, -0.1) is 11.8 Å². The predicted molar refractivity (Wildman–Crippen MR) is 163 cm³/mol. The summed E-state index contributed by atoms with van der Waals surface area (Å²) in [6, 6.07) is -1.47. The molecule has 4 bridgehead atoms. The molecule has 0 aromatic heterocycles. The predicted octanol–water partition coefficient (Wildman–Crippen LogP) is 2.47. The third-order valence-corrected chi connectivity index (χ3v) is 11.1. The molecule has 0 unspecified atom stereocenters. The average Bonchev–Trinajstić information content (AvgIpc) is 2.92. The van der Waals surface area contributed by atoms with Crippen LogP contribution in [0.2, 0.25) is 0 Å². The quantitative estimate of drug-likeness (QED) is 0.229. The molecule has 47 heavy (non-hydrogen) atoms. The van der Waals surface area contributed by atoms with Crippen LogP contribution in [0.15, 0.2) is 0 Å². The lowest BCUT2D eigenvalue weighted by Gasteiger charge is -2.59. The lowest BCUT2D eigenvalue weighted by atomic mass is 9.56. The van der Waals surface area contributed by atoms with E-state index in [0.29, 0.717) is 17.8 Å². The second-order valence-electron chi connectivity index (χ2n) is 13.3. The number of esters is 5. The molecule has 14 nitrogen and oxygen atoms in total. The molecule has 1 saturated heterocycles. The number of hydrogen-bond donors (Lipinski definition) is 0. The molecule has 0 aromatic rings. The molecule has 5 aliphatic rings. The summed E-state index contributed by atoms with van der Waals surface area (Å²) in [6.45, 7) is 6.08. The second-order valence-corrected chi connectivity index (χ2v) is 15.0. The number of ether oxygens (including phenoxy) is 6. The Bertz CT molecular complexity index is 1240. The van der Waals surface area contributed by atoms with Gasteiger partial charge < -0.3 is 28.4 Å². The van der Waals surface area contributed by atoms with Crippen molar-refractivity contribution in [1.82, 2.24) is 4.90 Å². The summed E-state index contributed by atoms with van der Waals surface area (Å²) in [7, 11) is 1.19. The van der Waals surface area contributed by atoms with Crippen LogP contribution < -0.4 is 0 Å². The smallest absolute Gasteiger partial charge is 0.349 e. The first-order valence-corrected chi connectivity index (χ1v) is 16.7. The minimum atomic E-state index is -1.87. The van der Waals surface area contributed by atoms with Gasteiger partial charge in [-0.3, -0.25) is 33.7 Å². The lowest BCUT2D eigenvalue weighted by Crippen LogP contribution is -2.70. The van der Waals surface area contributed by atoms with E-state index in [1.165, 1.54) is 18.9 Å². The van der Waals surface area contributed by atoms with Crippen molar-refractivity contribution in [2.75, 3.05) is 13.7 Å². The summed E-state index contributed by atoms with van der Waals surface area (Å²) >= 11 is 1.29. The molecule has 4 aliphatic carbocycles. The highest BCUT2D eigenvalue weighted by Crippen LogP contribution is 2.64. The van der Waals surface area contributed by atoms with Crippen LogP contribution in [0.3, 0.4) is 0 Å². The summed E-state index contributed by atoms with van der Waals surface area (Å²) in [6.07, 6.45) is -0.628. The van der Waals surface area contributed by atoms with Gasteiger partial charge >= 0.3 is 29.8 Å². The van der Waals surface area contributed by atoms with Crippen molar-refractivity contribution in [1.29, 1.82) is 0 Å². The Morgan fingerprint density at radius 1 is 0.766 bits per heavy atom. The summed E-state index contributed by atoms with van der Waals surface area (Å²) in [5.41, 5.74) is 0. The highest BCUT2D eigenvalue weighted by atomic mass is 32.2. The SMILES string of the molecule is COC(=O)[C@]1(SC23CC4CC(CC(C4)C2)C3)C[C@H](OC(C)=O)[C@@H](N(C(C)=O)C(C)=O)[C@H]([C@H](OC(C)=O)[C@@H](COC(C)=O)OC(C)=O)O1. The molecule has 1 heterocycles. The van der Waals surface area contributed by atoms with Crippen molar-refractivity contribution < 1.29 is 62.0 Å². The zero-order valence-electron chi connectivity index (χ0n) is 27.9. The van der Waals surface area contributed by atoms with Gasteiger partial charge in [-0.25, -0.2) is 4.79 Å². The van der Waals surface area contributed by atoms with Gasteiger partial charge in [-0.1, -0.05) is 0 Å². The number of hydrogen-bond acceptors (Lipinski definition) is 14. The fourth-order valence-electron chi connectivity index (χ4n) is 8.53. The molecule has 6 atom stereocenters. The zero-order valence-corrected chi connectivity index (χ0v) is 28.8. The number of amides is 2. The van der Waals surface area contributed by atoms with Crippen molar-refractivity contribution in [3.05, 3.63) is 0 Å². The van der Waals surface area contributed by atoms with Crippen LogP contribution in [0.25, 0.3) is 0 Å². The third-order valence-electron chi connectivity index (χ3n) is 9.43. The Morgan fingerprint density at radius 2 is 1.30 bits per heavy atom. The molecule has 5 rings (SSSR count). The van der Waals surface area contributed by atoms with Crippen LogP contribution in [-0.4, -0.2) is 100 Å². The number of nitrogens with zero attached hydrogens (tertiary/aromatic N) is 1. The largest absolute Gasteiger partial charge is 0.466 e. The Kier molecular flexibility index (Phi) is 11.3. The maximum atomic E-state index is 14.0. The van der Waals surface area contributed by atoms with Crippen LogP contribution >= 0.6 is 11.8 Å². The highest BCUT2D eigenvalue weighted by Gasteiger charge is 2.64. The third kappa shape index (κ3) is 8.27. The Balaban J connectivity index is 1.92. The summed E-state index contributed by atoms with van der Waals surface area (Å²) in [4.78, 5) is 88.5. The minimum Gasteiger partial charge on any atom is -0.466 e. The molecular weight excluding hydrogens is 638 g/mol. The van der Waals surface area contributed by atoms with Crippen LogP contribution in [0.4, 0.5) is 0 Å². The Labute approximate surface area is 278 Å². The number of carbonyl (C=O) groups excluding carboxylic acids is 7. The van der Waals surface area contributed by atoms with Crippen molar-refractivity contribution >= 4 is 53.4 Å². The molecule has 4 saturated carbocycles. The van der Waals surface area contributed by atoms with E-state index in [0.717, 1.165) is 85.0 Å². The monoisotopic (exact) mass is 683 g/mol. The fraction of sp³-hybridized carbons (Fsp3) is 0.781. The number of thioether (sulfide) groups is 1. The molecule has 2 amide bonds. The van der Waals surface area contributed by atoms with Gasteiger partial charge in [0.1, 0.15) is 24.9 Å². The Hall–Kier alpha value is -3.20. The number of imide groups is 1. The van der Waals surface area contributed by atoms with E-state index in [1.54, 1.807) is 0 Å². The summed E-state index contributed by atoms with van der Waals surface area (Å²) in [5.74, 6) is -4.07. The van der Waals surface area contributed by atoms with Gasteiger partial charge in [-0.2, -0.15) is 0 Å². The van der Waals surface area contributed by atoms with Crippen LogP contribution in [0.5, 0.6) is 0 Å². The molecule has 5 fully saturated rings. The maximum Gasteiger partial charge on any atom is 0.349 e. The van der Waals surface area contributed by atoms with Gasteiger partial charge in [0.2, 0.25) is 16.7 Å². The normalized spacial score (nSPS) is 33.5. The molecule has 1 aliphatic heterocycles. The van der Waals surface area contributed by atoms with Crippen LogP contribution in [0.1, 0.15) is 86.5 Å². The van der Waals surface area contributed by atoms with Gasteiger partial charge in [0.25, 0.3) is 0 Å².